The molecule has 0 fully saturated rings. The molecule has 0 radical (unpaired) electrons. The number of nitrogens with zero attached hydrogens (tertiary/aromatic N) is 3. The van der Waals surface area contributed by atoms with Gasteiger partial charge in [0.1, 0.15) is 0 Å². The second kappa shape index (κ2) is 9.18. The number of nitrogens with one attached hydrogen (secondary N) is 1. The summed E-state index contributed by atoms with van der Waals surface area (Å²) in [4.78, 5) is 22.0. The number of nitro benzene ring substituents is 1. The molecule has 1 N–H and O–H groups in total. The van der Waals surface area contributed by atoms with Crippen LogP contribution in [0.5, 0.6) is 0 Å². The molecule has 0 atom stereocenters. The van der Waals surface area contributed by atoms with E-state index >= 15 is 0 Å². The van der Waals surface area contributed by atoms with Crippen molar-refractivity contribution in [3.05, 3.63) is 94.0 Å². The van der Waals surface area contributed by atoms with E-state index in [0.717, 1.165) is 11.1 Å². The van der Waals surface area contributed by atoms with E-state index < -0.39 is 4.92 Å². The first-order valence-corrected chi connectivity index (χ1v) is 8.83. The molecule has 0 spiro atoms. The Morgan fingerprint density at radius 2 is 1.41 bits per heavy atom. The third-order valence-electron chi connectivity index (χ3n) is 3.99. The van der Waals surface area contributed by atoms with Gasteiger partial charge in [0, 0.05) is 24.2 Å². The summed E-state index contributed by atoms with van der Waals surface area (Å²) in [5, 5.41) is 22.2. The highest BCUT2D eigenvalue weighted by molar-refractivity contribution is 5.92. The number of para-hydroxylation sites is 2. The first kappa shape index (κ1) is 19.6. The Bertz CT molecular complexity index is 1110. The molecule has 144 valence electrons. The Morgan fingerprint density at radius 1 is 0.862 bits per heavy atom. The van der Waals surface area contributed by atoms with E-state index in [1.165, 1.54) is 13.0 Å². The normalized spacial score (nSPS) is 11.1. The molecule has 1 amide bonds. The van der Waals surface area contributed by atoms with Crippen molar-refractivity contribution in [2.24, 2.45) is 10.2 Å². The zero-order valence-corrected chi connectivity index (χ0v) is 15.6. The number of carbonyl (C=O) groups is 1. The number of carbonyl (C=O) groups excluding carboxylic acids is 1. The third-order valence-corrected chi connectivity index (χ3v) is 3.99. The van der Waals surface area contributed by atoms with Crippen LogP contribution in [-0.2, 0) is 4.79 Å². The molecule has 0 unspecified atom stereocenters. The van der Waals surface area contributed by atoms with Crippen LogP contribution in [0.1, 0.15) is 18.1 Å². The first-order valence-electron chi connectivity index (χ1n) is 8.83. The third kappa shape index (κ3) is 5.20. The molecule has 7 nitrogen and oxygen atoms in total. The fourth-order valence-corrected chi connectivity index (χ4v) is 2.66. The summed E-state index contributed by atoms with van der Waals surface area (Å²) in [5.74, 6) is -0.149. The van der Waals surface area contributed by atoms with Crippen LogP contribution < -0.4 is 5.32 Å². The van der Waals surface area contributed by atoms with Gasteiger partial charge in [0.15, 0.2) is 5.69 Å². The highest BCUT2D eigenvalue weighted by atomic mass is 16.6. The quantitative estimate of drug-likeness (QED) is 0.238. The molecule has 0 aromatic heterocycles. The highest BCUT2D eigenvalue weighted by Gasteiger charge is 2.11. The number of hydrogen-bond donors (Lipinski definition) is 1. The van der Waals surface area contributed by atoms with Crippen LogP contribution in [-0.4, -0.2) is 10.8 Å². The summed E-state index contributed by atoms with van der Waals surface area (Å²) in [5.41, 5.74) is 2.98. The summed E-state index contributed by atoms with van der Waals surface area (Å²) < 4.78 is 0. The Kier molecular flexibility index (Phi) is 6.22. The zero-order valence-electron chi connectivity index (χ0n) is 15.6. The number of hydrogen-bond acceptors (Lipinski definition) is 5. The van der Waals surface area contributed by atoms with Crippen LogP contribution in [0, 0.1) is 10.1 Å². The van der Waals surface area contributed by atoms with Gasteiger partial charge in [-0.3, -0.25) is 14.9 Å². The van der Waals surface area contributed by atoms with Crippen molar-refractivity contribution in [1.29, 1.82) is 0 Å². The van der Waals surface area contributed by atoms with E-state index in [4.69, 9.17) is 0 Å². The molecule has 0 saturated carbocycles. The van der Waals surface area contributed by atoms with Gasteiger partial charge in [-0.2, -0.15) is 0 Å². The molecule has 0 bridgehead atoms. The molecule has 3 aromatic carbocycles. The Hall–Kier alpha value is -4.13. The zero-order chi connectivity index (χ0) is 20.6. The molecule has 3 rings (SSSR count). The summed E-state index contributed by atoms with van der Waals surface area (Å²) in [6.45, 7) is 1.46. The maximum Gasteiger partial charge on any atom is 0.296 e. The predicted octanol–water partition coefficient (Wildman–Crippen LogP) is 6.14. The van der Waals surface area contributed by atoms with Crippen molar-refractivity contribution in [3.8, 4) is 0 Å². The Balaban J connectivity index is 1.90. The number of amides is 1. The topological polar surface area (TPSA) is 97.0 Å². The van der Waals surface area contributed by atoms with Crippen molar-refractivity contribution < 1.29 is 9.72 Å². The number of azo groups is 1. The minimum Gasteiger partial charge on any atom is -0.326 e. The van der Waals surface area contributed by atoms with Crippen LogP contribution in [0.2, 0.25) is 0 Å². The summed E-state index contributed by atoms with van der Waals surface area (Å²) in [7, 11) is 0. The number of benzene rings is 3. The lowest BCUT2D eigenvalue weighted by Gasteiger charge is -2.06. The van der Waals surface area contributed by atoms with Crippen molar-refractivity contribution in [2.75, 3.05) is 5.32 Å². The van der Waals surface area contributed by atoms with Crippen LogP contribution in [0.4, 0.5) is 22.7 Å². The lowest BCUT2D eigenvalue weighted by molar-refractivity contribution is -0.384. The summed E-state index contributed by atoms with van der Waals surface area (Å²) >= 11 is 0. The van der Waals surface area contributed by atoms with Gasteiger partial charge in [0.05, 0.1) is 10.6 Å². The van der Waals surface area contributed by atoms with Crippen LogP contribution >= 0.6 is 0 Å². The highest BCUT2D eigenvalue weighted by Crippen LogP contribution is 2.30. The van der Waals surface area contributed by atoms with Gasteiger partial charge in [0.25, 0.3) is 5.69 Å². The second-order valence-corrected chi connectivity index (χ2v) is 6.11. The summed E-state index contributed by atoms with van der Waals surface area (Å²) in [6, 6.07) is 20.9. The molecular formula is C22H18N4O3. The fourth-order valence-electron chi connectivity index (χ4n) is 2.66. The average Bonchev–Trinajstić information content (AvgIpc) is 2.72. The van der Waals surface area contributed by atoms with Gasteiger partial charge in [-0.15, -0.1) is 10.2 Å². The summed E-state index contributed by atoms with van der Waals surface area (Å²) in [6.07, 6.45) is 3.72. The van der Waals surface area contributed by atoms with E-state index in [-0.39, 0.29) is 17.3 Å². The molecule has 0 aliphatic heterocycles. The molecule has 0 heterocycles. The Labute approximate surface area is 167 Å². The molecule has 0 aliphatic rings. The van der Waals surface area contributed by atoms with Crippen LogP contribution in [0.15, 0.2) is 83.0 Å². The van der Waals surface area contributed by atoms with E-state index in [9.17, 15) is 14.9 Å². The van der Waals surface area contributed by atoms with Gasteiger partial charge < -0.3 is 5.32 Å². The standard InChI is InChI=1S/C22H18N4O3/c1-16(27)23-19-10-4-2-8-17(19)14-15-18-9-3-5-11-20(18)24-25-21-12-6-7-13-22(21)26(28)29/h2-15H,1H3,(H,23,27). The van der Waals surface area contributed by atoms with Gasteiger partial charge in [-0.05, 0) is 23.8 Å². The smallest absolute Gasteiger partial charge is 0.296 e. The van der Waals surface area contributed by atoms with Crippen molar-refractivity contribution >= 4 is 40.8 Å². The van der Waals surface area contributed by atoms with Gasteiger partial charge >= 0.3 is 0 Å². The van der Waals surface area contributed by atoms with Gasteiger partial charge in [0.2, 0.25) is 5.91 Å². The average molecular weight is 386 g/mol. The number of rotatable bonds is 6. The fraction of sp³-hybridized carbons (Fsp3) is 0.0455. The molecule has 29 heavy (non-hydrogen) atoms. The predicted molar refractivity (Wildman–Crippen MR) is 113 cm³/mol. The van der Waals surface area contributed by atoms with E-state index in [1.54, 1.807) is 24.3 Å². The van der Waals surface area contributed by atoms with Gasteiger partial charge in [-0.25, -0.2) is 0 Å². The van der Waals surface area contributed by atoms with E-state index in [1.807, 2.05) is 54.6 Å². The van der Waals surface area contributed by atoms with Crippen LogP contribution in [0.25, 0.3) is 12.2 Å². The van der Waals surface area contributed by atoms with Crippen molar-refractivity contribution in [1.82, 2.24) is 0 Å². The monoisotopic (exact) mass is 386 g/mol. The maximum atomic E-state index is 11.4. The SMILES string of the molecule is CC(=O)Nc1ccccc1C=Cc1ccccc1N=Nc1ccccc1[N+](=O)[O-]. The van der Waals surface area contributed by atoms with Crippen molar-refractivity contribution in [3.63, 3.8) is 0 Å². The largest absolute Gasteiger partial charge is 0.326 e. The first-order chi connectivity index (χ1) is 14.0. The maximum absolute atomic E-state index is 11.4. The van der Waals surface area contributed by atoms with E-state index in [0.29, 0.717) is 11.4 Å². The lowest BCUT2D eigenvalue weighted by Crippen LogP contribution is -2.06. The molecule has 7 heteroatoms. The van der Waals surface area contributed by atoms with Crippen molar-refractivity contribution in [2.45, 2.75) is 6.92 Å². The molecule has 3 aromatic rings. The minimum atomic E-state index is -0.487. The lowest BCUT2D eigenvalue weighted by atomic mass is 10.1. The van der Waals surface area contributed by atoms with Crippen LogP contribution in [0.3, 0.4) is 0 Å². The second-order valence-electron chi connectivity index (χ2n) is 6.11. The Morgan fingerprint density at radius 3 is 2.14 bits per heavy atom. The molecule has 0 aliphatic carbocycles. The minimum absolute atomic E-state index is 0.103. The number of anilines is 1. The number of nitro groups is 1. The molecule has 0 saturated heterocycles. The van der Waals surface area contributed by atoms with E-state index in [2.05, 4.69) is 15.5 Å². The molecular weight excluding hydrogens is 368 g/mol. The van der Waals surface area contributed by atoms with Gasteiger partial charge in [-0.1, -0.05) is 60.7 Å².